The van der Waals surface area contributed by atoms with E-state index in [9.17, 15) is 24.6 Å². The van der Waals surface area contributed by atoms with E-state index in [-0.39, 0.29) is 13.2 Å². The second-order valence-electron chi connectivity index (χ2n) is 9.14. The number of aliphatic hydroxyl groups is 1. The number of carboxylic acids is 1. The van der Waals surface area contributed by atoms with Gasteiger partial charge in [-0.1, -0.05) is 36.7 Å². The van der Waals surface area contributed by atoms with Crippen molar-refractivity contribution in [3.63, 3.8) is 0 Å². The number of fused-ring (bicyclic) bond motifs is 1. The molecule has 6 atom stereocenters. The highest BCUT2D eigenvalue weighted by molar-refractivity contribution is 6.34. The van der Waals surface area contributed by atoms with Crippen LogP contribution >= 0.6 is 11.6 Å². The summed E-state index contributed by atoms with van der Waals surface area (Å²) in [5.41, 5.74) is -1.81. The molecule has 0 aromatic heterocycles. The predicted octanol–water partition coefficient (Wildman–Crippen LogP) is 2.48. The van der Waals surface area contributed by atoms with E-state index in [1.807, 2.05) is 6.92 Å². The van der Waals surface area contributed by atoms with Crippen LogP contribution in [0.2, 0.25) is 5.02 Å². The monoisotopic (exact) mass is 476 g/mol. The van der Waals surface area contributed by atoms with Crippen molar-refractivity contribution in [2.75, 3.05) is 18.1 Å². The molecule has 2 bridgehead atoms. The molecule has 9 heteroatoms. The zero-order valence-corrected chi connectivity index (χ0v) is 19.5. The summed E-state index contributed by atoms with van der Waals surface area (Å²) in [7, 11) is 0. The van der Waals surface area contributed by atoms with Crippen molar-refractivity contribution in [1.29, 1.82) is 0 Å². The van der Waals surface area contributed by atoms with Crippen molar-refractivity contribution in [1.82, 2.24) is 4.90 Å². The molecule has 3 heterocycles. The molecule has 0 saturated carbocycles. The highest BCUT2D eigenvalue weighted by Gasteiger charge is 2.79. The van der Waals surface area contributed by atoms with Gasteiger partial charge in [0.2, 0.25) is 5.91 Å². The Hall–Kier alpha value is -2.42. The summed E-state index contributed by atoms with van der Waals surface area (Å²) in [6.07, 6.45) is 2.82. The fourth-order valence-electron chi connectivity index (χ4n) is 6.13. The van der Waals surface area contributed by atoms with E-state index >= 15 is 0 Å². The lowest BCUT2D eigenvalue weighted by Crippen LogP contribution is -2.58. The van der Waals surface area contributed by atoms with E-state index in [4.69, 9.17) is 16.3 Å². The summed E-state index contributed by atoms with van der Waals surface area (Å²) in [5, 5.41) is 20.3. The third kappa shape index (κ3) is 3.22. The number of hydrogen-bond acceptors (Lipinski definition) is 5. The van der Waals surface area contributed by atoms with Gasteiger partial charge in [-0.15, -0.1) is 6.58 Å². The summed E-state index contributed by atoms with van der Waals surface area (Å²) in [6, 6.07) is 5.09. The maximum atomic E-state index is 14.2. The van der Waals surface area contributed by atoms with Crippen LogP contribution in [0.4, 0.5) is 5.69 Å². The standard InChI is InChI=1S/C24H29ClN2O6/c1-4-12-26(16-9-7-6-8-15(16)25)21(30)19-24-11-10-23(5-2,33-24)18(22(31)32)17(24)20(29)27(19)14(3)13-28/h4,6-9,14,17-19,28H,1,5,10-13H2,2-3H3,(H,31,32)/t14-,17+,18-,19?,23+,24?/m1/s1. The van der Waals surface area contributed by atoms with Gasteiger partial charge in [0, 0.05) is 6.54 Å². The molecule has 8 nitrogen and oxygen atoms in total. The number of halogens is 1. The van der Waals surface area contributed by atoms with Crippen molar-refractivity contribution < 1.29 is 29.3 Å². The number of rotatable bonds is 8. The number of hydrogen-bond donors (Lipinski definition) is 2. The number of aliphatic carboxylic acids is 1. The molecule has 33 heavy (non-hydrogen) atoms. The normalized spacial score (nSPS) is 33.2. The van der Waals surface area contributed by atoms with Crippen LogP contribution in [0.15, 0.2) is 36.9 Å². The van der Waals surface area contributed by atoms with E-state index in [2.05, 4.69) is 6.58 Å². The number of carbonyl (C=O) groups excluding carboxylic acids is 2. The Kier molecular flexibility index (Phi) is 6.05. The fourth-order valence-corrected chi connectivity index (χ4v) is 6.37. The van der Waals surface area contributed by atoms with Crippen LogP contribution in [0.5, 0.6) is 0 Å². The molecule has 3 fully saturated rings. The third-order valence-corrected chi connectivity index (χ3v) is 7.90. The Morgan fingerprint density at radius 1 is 1.39 bits per heavy atom. The number of likely N-dealkylation sites (tertiary alicyclic amines) is 1. The Morgan fingerprint density at radius 2 is 2.09 bits per heavy atom. The number of carbonyl (C=O) groups is 3. The molecular formula is C24H29ClN2O6. The van der Waals surface area contributed by atoms with Gasteiger partial charge in [0.15, 0.2) is 0 Å². The summed E-state index contributed by atoms with van der Waals surface area (Å²) >= 11 is 6.40. The highest BCUT2D eigenvalue weighted by Crippen LogP contribution is 2.64. The Morgan fingerprint density at radius 3 is 2.67 bits per heavy atom. The van der Waals surface area contributed by atoms with E-state index < -0.39 is 52.9 Å². The topological polar surface area (TPSA) is 107 Å². The lowest BCUT2D eigenvalue weighted by molar-refractivity contribution is -0.157. The second-order valence-corrected chi connectivity index (χ2v) is 9.54. The van der Waals surface area contributed by atoms with Gasteiger partial charge in [-0.2, -0.15) is 0 Å². The SMILES string of the molecule is C=CCN(C(=O)C1N([C@H](C)CO)C(=O)[C@@H]2[C@H](C(=O)O)[C@]3(CC)CCC12O3)c1ccccc1Cl. The van der Waals surface area contributed by atoms with Gasteiger partial charge in [0.1, 0.15) is 17.6 Å². The highest BCUT2D eigenvalue weighted by atomic mass is 35.5. The summed E-state index contributed by atoms with van der Waals surface area (Å²) in [6.45, 7) is 7.00. The van der Waals surface area contributed by atoms with Crippen LogP contribution in [0, 0.1) is 11.8 Å². The predicted molar refractivity (Wildman–Crippen MR) is 122 cm³/mol. The molecule has 2 amide bonds. The molecule has 0 aliphatic carbocycles. The van der Waals surface area contributed by atoms with E-state index in [0.29, 0.717) is 30.0 Å². The van der Waals surface area contributed by atoms with Crippen molar-refractivity contribution >= 4 is 35.1 Å². The number of anilines is 1. The fraction of sp³-hybridized carbons (Fsp3) is 0.542. The van der Waals surface area contributed by atoms with Crippen LogP contribution in [-0.4, -0.2) is 69.3 Å². The Labute approximate surface area is 197 Å². The molecule has 2 unspecified atom stereocenters. The first-order valence-electron chi connectivity index (χ1n) is 11.2. The number of nitrogens with zero attached hydrogens (tertiary/aromatic N) is 2. The molecule has 3 aliphatic heterocycles. The molecule has 3 saturated heterocycles. The largest absolute Gasteiger partial charge is 0.481 e. The van der Waals surface area contributed by atoms with Gasteiger partial charge in [0.25, 0.3) is 5.91 Å². The molecule has 2 N–H and O–H groups in total. The Balaban J connectivity index is 1.87. The van der Waals surface area contributed by atoms with E-state index in [0.717, 1.165) is 0 Å². The van der Waals surface area contributed by atoms with Crippen LogP contribution in [0.25, 0.3) is 0 Å². The van der Waals surface area contributed by atoms with Crippen molar-refractivity contribution in [3.8, 4) is 0 Å². The average Bonchev–Trinajstić information content (AvgIpc) is 3.40. The first kappa shape index (κ1) is 23.7. The zero-order chi connectivity index (χ0) is 24.1. The minimum absolute atomic E-state index is 0.136. The smallest absolute Gasteiger partial charge is 0.310 e. The first-order chi connectivity index (χ1) is 15.7. The quantitative estimate of drug-likeness (QED) is 0.558. The maximum Gasteiger partial charge on any atom is 0.310 e. The van der Waals surface area contributed by atoms with Gasteiger partial charge >= 0.3 is 5.97 Å². The zero-order valence-electron chi connectivity index (χ0n) is 18.7. The van der Waals surface area contributed by atoms with Crippen molar-refractivity contribution in [3.05, 3.63) is 41.9 Å². The molecule has 0 radical (unpaired) electrons. The lowest BCUT2D eigenvalue weighted by Gasteiger charge is -2.38. The van der Waals surface area contributed by atoms with Gasteiger partial charge in [0.05, 0.1) is 34.9 Å². The van der Waals surface area contributed by atoms with E-state index in [1.165, 1.54) is 9.80 Å². The summed E-state index contributed by atoms with van der Waals surface area (Å²) < 4.78 is 6.49. The minimum Gasteiger partial charge on any atom is -0.481 e. The summed E-state index contributed by atoms with van der Waals surface area (Å²) in [5.74, 6) is -4.05. The number of ether oxygens (including phenoxy) is 1. The minimum atomic E-state index is -1.28. The van der Waals surface area contributed by atoms with Gasteiger partial charge < -0.3 is 24.7 Å². The number of carboxylic acid groups (broad SMARTS) is 1. The van der Waals surface area contributed by atoms with Crippen molar-refractivity contribution in [2.24, 2.45) is 11.8 Å². The molecule has 1 aromatic carbocycles. The van der Waals surface area contributed by atoms with Crippen LogP contribution in [-0.2, 0) is 19.1 Å². The Bertz CT molecular complexity index is 1000. The molecular weight excluding hydrogens is 448 g/mol. The average molecular weight is 477 g/mol. The van der Waals surface area contributed by atoms with Gasteiger partial charge in [-0.3, -0.25) is 14.4 Å². The summed E-state index contributed by atoms with van der Waals surface area (Å²) in [4.78, 5) is 43.0. The third-order valence-electron chi connectivity index (χ3n) is 7.58. The van der Waals surface area contributed by atoms with Crippen LogP contribution in [0.3, 0.4) is 0 Å². The van der Waals surface area contributed by atoms with Crippen LogP contribution in [0.1, 0.15) is 33.1 Å². The molecule has 4 rings (SSSR count). The molecule has 1 aromatic rings. The number of benzene rings is 1. The molecule has 178 valence electrons. The van der Waals surface area contributed by atoms with Gasteiger partial charge in [-0.05, 0) is 38.3 Å². The lowest BCUT2D eigenvalue weighted by atomic mass is 9.65. The molecule has 1 spiro atoms. The number of para-hydroxylation sites is 1. The van der Waals surface area contributed by atoms with Gasteiger partial charge in [-0.25, -0.2) is 0 Å². The van der Waals surface area contributed by atoms with Crippen molar-refractivity contribution in [2.45, 2.75) is 56.4 Å². The number of amides is 2. The maximum absolute atomic E-state index is 14.2. The number of aliphatic hydroxyl groups excluding tert-OH is 1. The first-order valence-corrected chi connectivity index (χ1v) is 11.6. The van der Waals surface area contributed by atoms with Crippen LogP contribution < -0.4 is 4.90 Å². The second kappa shape index (κ2) is 8.42. The molecule has 3 aliphatic rings. The van der Waals surface area contributed by atoms with E-state index in [1.54, 1.807) is 37.3 Å².